The monoisotopic (exact) mass is 335 g/mol. The van der Waals surface area contributed by atoms with Crippen molar-refractivity contribution in [2.45, 2.75) is 13.5 Å². The summed E-state index contributed by atoms with van der Waals surface area (Å²) in [6.07, 6.45) is 0. The molecule has 6 nitrogen and oxygen atoms in total. The van der Waals surface area contributed by atoms with E-state index in [1.807, 2.05) is 30.3 Å². The van der Waals surface area contributed by atoms with Crippen LogP contribution in [0.15, 0.2) is 54.6 Å². The molecule has 0 radical (unpaired) electrons. The van der Waals surface area contributed by atoms with Crippen LogP contribution in [-0.2, 0) is 11.3 Å². The topological polar surface area (TPSA) is 98.1 Å². The summed E-state index contributed by atoms with van der Waals surface area (Å²) in [6.45, 7) is 1.86. The molecule has 0 unspecified atom stereocenters. The molecule has 3 rings (SSSR count). The Morgan fingerprint density at radius 2 is 1.76 bits per heavy atom. The first kappa shape index (κ1) is 16.4. The Hall–Kier alpha value is -3.41. The summed E-state index contributed by atoms with van der Waals surface area (Å²) in [7, 11) is 0. The molecule has 25 heavy (non-hydrogen) atoms. The molecular formula is C19H17N3O3. The first-order chi connectivity index (χ1) is 12.0. The van der Waals surface area contributed by atoms with Crippen molar-refractivity contribution in [3.8, 4) is 11.4 Å². The Morgan fingerprint density at radius 1 is 1.08 bits per heavy atom. The lowest BCUT2D eigenvalue weighted by molar-refractivity contribution is 0.0465. The minimum Gasteiger partial charge on any atom is -0.456 e. The van der Waals surface area contributed by atoms with E-state index in [9.17, 15) is 9.59 Å². The summed E-state index contributed by atoms with van der Waals surface area (Å²) in [5.74, 6) is -0.380. The molecule has 0 fully saturated rings. The van der Waals surface area contributed by atoms with Gasteiger partial charge in [0.15, 0.2) is 5.69 Å². The predicted molar refractivity (Wildman–Crippen MR) is 92.8 cm³/mol. The minimum atomic E-state index is -0.505. The standard InChI is InChI=1S/C19H17N3O3/c1-12-16(22-18(21-12)15-5-3-2-4-6-15)19(24)25-11-13-7-9-14(10-8-13)17(20)23/h2-10H,11H2,1H3,(H2,20,23)(H,21,22). The number of imidazole rings is 1. The average Bonchev–Trinajstić information content (AvgIpc) is 3.02. The SMILES string of the molecule is Cc1[nH]c(-c2ccccc2)nc1C(=O)OCc1ccc(C(N)=O)cc1. The highest BCUT2D eigenvalue weighted by Gasteiger charge is 2.17. The molecule has 1 amide bonds. The van der Waals surface area contributed by atoms with Crippen molar-refractivity contribution in [3.05, 3.63) is 77.1 Å². The summed E-state index contributed by atoms with van der Waals surface area (Å²) in [5.41, 5.74) is 8.16. The van der Waals surface area contributed by atoms with Gasteiger partial charge >= 0.3 is 5.97 Å². The van der Waals surface area contributed by atoms with Crippen molar-refractivity contribution < 1.29 is 14.3 Å². The number of hydrogen-bond donors (Lipinski definition) is 2. The highest BCUT2D eigenvalue weighted by atomic mass is 16.5. The second-order valence-electron chi connectivity index (χ2n) is 5.56. The van der Waals surface area contributed by atoms with Gasteiger partial charge in [0, 0.05) is 16.8 Å². The number of esters is 1. The summed E-state index contributed by atoms with van der Waals surface area (Å²) < 4.78 is 5.31. The quantitative estimate of drug-likeness (QED) is 0.700. The third-order valence-electron chi connectivity index (χ3n) is 3.73. The number of nitrogens with one attached hydrogen (secondary N) is 1. The zero-order valence-electron chi connectivity index (χ0n) is 13.7. The molecule has 6 heteroatoms. The molecule has 0 saturated carbocycles. The van der Waals surface area contributed by atoms with E-state index in [0.717, 1.165) is 11.1 Å². The maximum Gasteiger partial charge on any atom is 0.359 e. The zero-order valence-corrected chi connectivity index (χ0v) is 13.7. The van der Waals surface area contributed by atoms with Crippen LogP contribution in [-0.4, -0.2) is 21.8 Å². The Bertz CT molecular complexity index is 899. The molecule has 0 spiro atoms. The van der Waals surface area contributed by atoms with E-state index in [0.29, 0.717) is 17.1 Å². The molecule has 0 aliphatic heterocycles. The fourth-order valence-corrected chi connectivity index (χ4v) is 2.37. The van der Waals surface area contributed by atoms with Crippen molar-refractivity contribution in [1.29, 1.82) is 0 Å². The number of H-pyrrole nitrogens is 1. The van der Waals surface area contributed by atoms with Gasteiger partial charge in [0.2, 0.25) is 5.91 Å². The van der Waals surface area contributed by atoms with Crippen LogP contribution in [0.4, 0.5) is 0 Å². The third kappa shape index (κ3) is 3.74. The van der Waals surface area contributed by atoms with Gasteiger partial charge in [-0.15, -0.1) is 0 Å². The lowest BCUT2D eigenvalue weighted by Gasteiger charge is -2.04. The normalized spacial score (nSPS) is 10.4. The van der Waals surface area contributed by atoms with Crippen LogP contribution in [0.5, 0.6) is 0 Å². The summed E-state index contributed by atoms with van der Waals surface area (Å²) in [4.78, 5) is 30.8. The van der Waals surface area contributed by atoms with Crippen LogP contribution < -0.4 is 5.73 Å². The second kappa shape index (κ2) is 7.00. The molecule has 0 bridgehead atoms. The van der Waals surface area contributed by atoms with Crippen molar-refractivity contribution >= 4 is 11.9 Å². The van der Waals surface area contributed by atoms with Crippen LogP contribution in [0.2, 0.25) is 0 Å². The molecular weight excluding hydrogens is 318 g/mol. The molecule has 0 atom stereocenters. The van der Waals surface area contributed by atoms with Gasteiger partial charge in [-0.3, -0.25) is 4.79 Å². The fourth-order valence-electron chi connectivity index (χ4n) is 2.37. The van der Waals surface area contributed by atoms with Crippen LogP contribution >= 0.6 is 0 Å². The van der Waals surface area contributed by atoms with E-state index in [4.69, 9.17) is 10.5 Å². The molecule has 1 aromatic heterocycles. The van der Waals surface area contributed by atoms with Gasteiger partial charge in [0.1, 0.15) is 12.4 Å². The van der Waals surface area contributed by atoms with Gasteiger partial charge in [-0.25, -0.2) is 9.78 Å². The molecule has 0 saturated heterocycles. The summed E-state index contributed by atoms with van der Waals surface area (Å²) >= 11 is 0. The highest BCUT2D eigenvalue weighted by molar-refractivity contribution is 5.92. The number of aromatic nitrogens is 2. The van der Waals surface area contributed by atoms with Crippen molar-refractivity contribution in [3.63, 3.8) is 0 Å². The average molecular weight is 335 g/mol. The van der Waals surface area contributed by atoms with Gasteiger partial charge in [0.25, 0.3) is 0 Å². The number of primary amides is 1. The van der Waals surface area contributed by atoms with Crippen LogP contribution in [0.1, 0.15) is 32.1 Å². The smallest absolute Gasteiger partial charge is 0.359 e. The lowest BCUT2D eigenvalue weighted by atomic mass is 10.1. The van der Waals surface area contributed by atoms with Crippen LogP contribution in [0.3, 0.4) is 0 Å². The molecule has 2 aromatic carbocycles. The van der Waals surface area contributed by atoms with Gasteiger partial charge in [-0.05, 0) is 24.6 Å². The van der Waals surface area contributed by atoms with Crippen molar-refractivity contribution in [1.82, 2.24) is 9.97 Å². The van der Waals surface area contributed by atoms with E-state index < -0.39 is 11.9 Å². The van der Waals surface area contributed by atoms with E-state index in [-0.39, 0.29) is 12.3 Å². The number of carbonyl (C=O) groups is 2. The fraction of sp³-hybridized carbons (Fsp3) is 0.105. The number of benzene rings is 2. The predicted octanol–water partition coefficient (Wildman–Crippen LogP) is 2.84. The van der Waals surface area contributed by atoms with Gasteiger partial charge in [-0.2, -0.15) is 0 Å². The number of rotatable bonds is 5. The first-order valence-electron chi connectivity index (χ1n) is 7.72. The molecule has 0 aliphatic carbocycles. The first-order valence-corrected chi connectivity index (χ1v) is 7.72. The van der Waals surface area contributed by atoms with Gasteiger partial charge in [0.05, 0.1) is 0 Å². The molecule has 1 heterocycles. The lowest BCUT2D eigenvalue weighted by Crippen LogP contribution is -2.11. The minimum absolute atomic E-state index is 0.0881. The number of amides is 1. The van der Waals surface area contributed by atoms with E-state index in [2.05, 4.69) is 9.97 Å². The van der Waals surface area contributed by atoms with Crippen LogP contribution in [0.25, 0.3) is 11.4 Å². The zero-order chi connectivity index (χ0) is 17.8. The number of carbonyl (C=O) groups excluding carboxylic acids is 2. The van der Waals surface area contributed by atoms with Gasteiger partial charge < -0.3 is 15.5 Å². The Morgan fingerprint density at radius 3 is 2.40 bits per heavy atom. The molecule has 0 aliphatic rings. The summed E-state index contributed by atoms with van der Waals surface area (Å²) in [6, 6.07) is 16.1. The van der Waals surface area contributed by atoms with Crippen LogP contribution in [0, 0.1) is 6.92 Å². The second-order valence-corrected chi connectivity index (χ2v) is 5.56. The maximum atomic E-state index is 12.3. The number of aromatic amines is 1. The number of nitrogens with two attached hydrogens (primary N) is 1. The third-order valence-corrected chi connectivity index (χ3v) is 3.73. The number of ether oxygens (including phenoxy) is 1. The molecule has 126 valence electrons. The Labute approximate surface area is 144 Å². The molecule has 3 aromatic rings. The largest absolute Gasteiger partial charge is 0.456 e. The van der Waals surface area contributed by atoms with Gasteiger partial charge in [-0.1, -0.05) is 42.5 Å². The number of aryl methyl sites for hydroxylation is 1. The highest BCUT2D eigenvalue weighted by Crippen LogP contribution is 2.18. The number of hydrogen-bond acceptors (Lipinski definition) is 4. The number of nitrogens with zero attached hydrogens (tertiary/aromatic N) is 1. The summed E-state index contributed by atoms with van der Waals surface area (Å²) in [5, 5.41) is 0. The maximum absolute atomic E-state index is 12.3. The van der Waals surface area contributed by atoms with Crippen molar-refractivity contribution in [2.75, 3.05) is 0 Å². The van der Waals surface area contributed by atoms with Crippen molar-refractivity contribution in [2.24, 2.45) is 5.73 Å². The Balaban J connectivity index is 1.69. The van der Waals surface area contributed by atoms with E-state index in [1.54, 1.807) is 31.2 Å². The Kier molecular flexibility index (Phi) is 4.61. The van der Waals surface area contributed by atoms with E-state index >= 15 is 0 Å². The molecule has 3 N–H and O–H groups in total. The van der Waals surface area contributed by atoms with E-state index in [1.165, 1.54) is 0 Å².